The molecule has 0 aliphatic heterocycles. The largest absolute Gasteiger partial charge is 0.493 e. The lowest BCUT2D eigenvalue weighted by Crippen LogP contribution is -2.14. The summed E-state index contributed by atoms with van der Waals surface area (Å²) in [6.07, 6.45) is 1.41. The molecular formula is C28H19Br2N3O5. The smallest absolute Gasteiger partial charge is 0.270 e. The van der Waals surface area contributed by atoms with Crippen LogP contribution in [0.15, 0.2) is 87.3 Å². The Hall–Kier alpha value is -4.20. The highest BCUT2D eigenvalue weighted by Crippen LogP contribution is 2.38. The number of rotatable bonds is 8. The molecule has 0 aromatic heterocycles. The summed E-state index contributed by atoms with van der Waals surface area (Å²) in [5, 5.41) is 25.4. The third-order valence-electron chi connectivity index (χ3n) is 5.59. The van der Waals surface area contributed by atoms with Crippen molar-refractivity contribution in [3.8, 4) is 17.6 Å². The molecule has 10 heteroatoms. The third-order valence-corrected chi connectivity index (χ3v) is 6.84. The van der Waals surface area contributed by atoms with E-state index in [-0.39, 0.29) is 16.9 Å². The molecule has 0 unspecified atom stereocenters. The van der Waals surface area contributed by atoms with Crippen molar-refractivity contribution in [2.45, 2.75) is 6.61 Å². The van der Waals surface area contributed by atoms with E-state index in [1.165, 1.54) is 31.4 Å². The van der Waals surface area contributed by atoms with E-state index in [0.717, 1.165) is 16.3 Å². The van der Waals surface area contributed by atoms with E-state index in [1.807, 2.05) is 48.5 Å². The molecule has 0 aliphatic rings. The summed E-state index contributed by atoms with van der Waals surface area (Å²) >= 11 is 6.72. The standard InChI is InChI=1S/C28H19Br2N3O5/c1-37-26-13-17(11-20(15-31)28(34)32-25-10-9-21(33(35)36)14-23(25)29)12-24(30)27(26)38-16-19-7-4-6-18-5-2-3-8-22(18)19/h2-14H,16H2,1H3,(H,32,34)/b20-11-. The van der Waals surface area contributed by atoms with Crippen LogP contribution in [0.4, 0.5) is 11.4 Å². The second-order valence-corrected chi connectivity index (χ2v) is 9.71. The molecule has 0 radical (unpaired) electrons. The van der Waals surface area contributed by atoms with Crippen LogP contribution in [0.3, 0.4) is 0 Å². The molecule has 8 nitrogen and oxygen atoms in total. The van der Waals surface area contributed by atoms with Crippen LogP contribution in [-0.2, 0) is 11.4 Å². The first-order valence-corrected chi connectivity index (χ1v) is 12.7. The summed E-state index contributed by atoms with van der Waals surface area (Å²) in [6, 6.07) is 23.2. The number of benzene rings is 4. The van der Waals surface area contributed by atoms with Gasteiger partial charge in [0.15, 0.2) is 11.5 Å². The van der Waals surface area contributed by atoms with Crippen molar-refractivity contribution in [2.75, 3.05) is 12.4 Å². The van der Waals surface area contributed by atoms with E-state index < -0.39 is 10.8 Å². The second-order valence-electron chi connectivity index (χ2n) is 8.01. The number of nitrogens with zero attached hydrogens (tertiary/aromatic N) is 2. The van der Waals surface area contributed by atoms with Crippen LogP contribution in [0.5, 0.6) is 11.5 Å². The number of nitriles is 1. The Balaban J connectivity index is 1.56. The quantitative estimate of drug-likeness (QED) is 0.0932. The van der Waals surface area contributed by atoms with Crippen LogP contribution in [0.25, 0.3) is 16.8 Å². The monoisotopic (exact) mass is 635 g/mol. The molecule has 0 saturated carbocycles. The SMILES string of the molecule is COc1cc(/C=C(/C#N)C(=O)Nc2ccc([N+](=O)[O-])cc2Br)cc(Br)c1OCc1cccc2ccccc12. The first-order chi connectivity index (χ1) is 18.3. The number of nitro benzene ring substituents is 1. The van der Waals surface area contributed by atoms with Gasteiger partial charge in [0.05, 0.1) is 22.2 Å². The van der Waals surface area contributed by atoms with Crippen LogP contribution >= 0.6 is 31.9 Å². The van der Waals surface area contributed by atoms with Crippen LogP contribution in [0.2, 0.25) is 0 Å². The number of anilines is 1. The lowest BCUT2D eigenvalue weighted by Gasteiger charge is -2.15. The molecule has 4 aromatic rings. The van der Waals surface area contributed by atoms with Gasteiger partial charge in [0.25, 0.3) is 11.6 Å². The average molecular weight is 637 g/mol. The highest BCUT2D eigenvalue weighted by molar-refractivity contribution is 9.11. The van der Waals surface area contributed by atoms with Crippen molar-refractivity contribution < 1.29 is 19.2 Å². The van der Waals surface area contributed by atoms with Crippen molar-refractivity contribution >= 4 is 66.0 Å². The molecular weight excluding hydrogens is 618 g/mol. The van der Waals surface area contributed by atoms with E-state index in [0.29, 0.717) is 32.6 Å². The number of halogens is 2. The summed E-state index contributed by atoms with van der Waals surface area (Å²) in [6.45, 7) is 0.307. The summed E-state index contributed by atoms with van der Waals surface area (Å²) < 4.78 is 12.5. The fourth-order valence-electron chi connectivity index (χ4n) is 3.76. The van der Waals surface area contributed by atoms with Crippen molar-refractivity contribution in [3.63, 3.8) is 0 Å². The summed E-state index contributed by atoms with van der Waals surface area (Å²) in [5.74, 6) is 0.227. The second kappa shape index (κ2) is 11.9. The molecule has 0 heterocycles. The van der Waals surface area contributed by atoms with Crippen LogP contribution in [0, 0.1) is 21.4 Å². The Morgan fingerprint density at radius 2 is 1.84 bits per heavy atom. The van der Waals surface area contributed by atoms with Crippen molar-refractivity contribution in [1.82, 2.24) is 0 Å². The zero-order chi connectivity index (χ0) is 27.2. The van der Waals surface area contributed by atoms with Gasteiger partial charge in [-0.15, -0.1) is 0 Å². The molecule has 4 rings (SSSR count). The molecule has 0 aliphatic carbocycles. The number of nitrogens with one attached hydrogen (secondary N) is 1. The molecule has 0 saturated heterocycles. The Bertz CT molecular complexity index is 1620. The minimum absolute atomic E-state index is 0.134. The van der Waals surface area contributed by atoms with E-state index >= 15 is 0 Å². The summed E-state index contributed by atoms with van der Waals surface area (Å²) in [5.41, 5.74) is 1.53. The highest BCUT2D eigenvalue weighted by Gasteiger charge is 2.16. The van der Waals surface area contributed by atoms with Gasteiger partial charge < -0.3 is 14.8 Å². The average Bonchev–Trinajstić information content (AvgIpc) is 2.91. The minimum Gasteiger partial charge on any atom is -0.493 e. The van der Waals surface area contributed by atoms with Gasteiger partial charge in [0.2, 0.25) is 0 Å². The van der Waals surface area contributed by atoms with Gasteiger partial charge in [-0.1, -0.05) is 42.5 Å². The first kappa shape index (κ1) is 26.9. The van der Waals surface area contributed by atoms with Crippen LogP contribution in [0.1, 0.15) is 11.1 Å². The lowest BCUT2D eigenvalue weighted by molar-refractivity contribution is -0.384. The third kappa shape index (κ3) is 6.02. The number of ether oxygens (including phenoxy) is 2. The maximum Gasteiger partial charge on any atom is 0.270 e. The molecule has 0 fully saturated rings. The zero-order valence-electron chi connectivity index (χ0n) is 19.9. The Morgan fingerprint density at radius 1 is 1.08 bits per heavy atom. The Labute approximate surface area is 234 Å². The van der Waals surface area contributed by atoms with Gasteiger partial charge in [0, 0.05) is 16.6 Å². The van der Waals surface area contributed by atoms with Crippen molar-refractivity contribution in [1.29, 1.82) is 5.26 Å². The number of nitro groups is 1. The summed E-state index contributed by atoms with van der Waals surface area (Å²) in [7, 11) is 1.50. The van der Waals surface area contributed by atoms with Gasteiger partial charge in [-0.05, 0) is 78.0 Å². The number of methoxy groups -OCH3 is 1. The first-order valence-electron chi connectivity index (χ1n) is 11.1. The number of non-ortho nitro benzene ring substituents is 1. The lowest BCUT2D eigenvalue weighted by atomic mass is 10.1. The predicted molar refractivity (Wildman–Crippen MR) is 152 cm³/mol. The van der Waals surface area contributed by atoms with E-state index in [1.54, 1.807) is 12.1 Å². The normalized spacial score (nSPS) is 11.1. The molecule has 190 valence electrons. The number of amides is 1. The number of fused-ring (bicyclic) bond motifs is 1. The van der Waals surface area contributed by atoms with Gasteiger partial charge in [-0.25, -0.2) is 0 Å². The van der Waals surface area contributed by atoms with E-state index in [4.69, 9.17) is 9.47 Å². The topological polar surface area (TPSA) is 114 Å². The minimum atomic E-state index is -0.673. The fraction of sp³-hybridized carbons (Fsp3) is 0.0714. The van der Waals surface area contributed by atoms with E-state index in [2.05, 4.69) is 37.2 Å². The van der Waals surface area contributed by atoms with Gasteiger partial charge in [0.1, 0.15) is 18.2 Å². The number of hydrogen-bond acceptors (Lipinski definition) is 6. The molecule has 38 heavy (non-hydrogen) atoms. The molecule has 0 atom stereocenters. The maximum absolute atomic E-state index is 12.8. The van der Waals surface area contributed by atoms with Crippen LogP contribution < -0.4 is 14.8 Å². The van der Waals surface area contributed by atoms with Gasteiger partial charge >= 0.3 is 0 Å². The van der Waals surface area contributed by atoms with Crippen LogP contribution in [-0.4, -0.2) is 17.9 Å². The van der Waals surface area contributed by atoms with Crippen molar-refractivity contribution in [2.24, 2.45) is 0 Å². The molecule has 1 N–H and O–H groups in total. The zero-order valence-corrected chi connectivity index (χ0v) is 23.1. The number of hydrogen-bond donors (Lipinski definition) is 1. The number of carbonyl (C=O) groups excluding carboxylic acids is 1. The number of carbonyl (C=O) groups is 1. The predicted octanol–water partition coefficient (Wildman–Crippen LogP) is 7.41. The highest BCUT2D eigenvalue weighted by atomic mass is 79.9. The molecule has 0 bridgehead atoms. The molecule has 4 aromatic carbocycles. The fourth-order valence-corrected chi connectivity index (χ4v) is 4.80. The van der Waals surface area contributed by atoms with Gasteiger partial charge in [-0.3, -0.25) is 14.9 Å². The molecule has 0 spiro atoms. The summed E-state index contributed by atoms with van der Waals surface area (Å²) in [4.78, 5) is 23.2. The molecule has 1 amide bonds. The Morgan fingerprint density at radius 3 is 2.55 bits per heavy atom. The maximum atomic E-state index is 12.8. The van der Waals surface area contributed by atoms with E-state index in [9.17, 15) is 20.2 Å². The van der Waals surface area contributed by atoms with Crippen molar-refractivity contribution in [3.05, 3.63) is 109 Å². The van der Waals surface area contributed by atoms with Gasteiger partial charge in [-0.2, -0.15) is 5.26 Å². The Kier molecular flexibility index (Phi) is 8.41.